The van der Waals surface area contributed by atoms with Gasteiger partial charge in [0, 0.05) is 6.04 Å². The van der Waals surface area contributed by atoms with Crippen LogP contribution >= 0.6 is 17.0 Å². The summed E-state index contributed by atoms with van der Waals surface area (Å²) in [6, 6.07) is 0.196. The molecule has 1 fully saturated rings. The first kappa shape index (κ1) is 11.9. The van der Waals surface area contributed by atoms with Gasteiger partial charge >= 0.3 is 5.97 Å². The molecule has 0 amide bonds. The van der Waals surface area contributed by atoms with E-state index in [9.17, 15) is 4.79 Å². The summed E-state index contributed by atoms with van der Waals surface area (Å²) < 4.78 is 0. The molecule has 2 atom stereocenters. The van der Waals surface area contributed by atoms with Crippen molar-refractivity contribution < 1.29 is 9.90 Å². The number of halogens is 1. The van der Waals surface area contributed by atoms with Crippen molar-refractivity contribution in [3.63, 3.8) is 0 Å². The lowest BCUT2D eigenvalue weighted by molar-refractivity contribution is -0.143. The standard InChI is InChI=1S/C8H15NO2.BrH/c1-9-7-5-3-2-4-6(7)8(10)11;/h6-7,9H,2-5H2,1H3,(H,10,11);1H/t6-,7-;/m1./s1. The third kappa shape index (κ3) is 2.75. The lowest BCUT2D eigenvalue weighted by atomic mass is 9.85. The molecule has 1 aliphatic carbocycles. The summed E-state index contributed by atoms with van der Waals surface area (Å²) in [5.41, 5.74) is 0. The second-order valence-electron chi connectivity index (χ2n) is 3.12. The number of aliphatic carboxylic acids is 1. The van der Waals surface area contributed by atoms with Gasteiger partial charge in [0.25, 0.3) is 0 Å². The average Bonchev–Trinajstić information content (AvgIpc) is 2.04. The van der Waals surface area contributed by atoms with Crippen molar-refractivity contribution in [3.05, 3.63) is 0 Å². The van der Waals surface area contributed by atoms with Gasteiger partial charge in [-0.2, -0.15) is 0 Å². The highest BCUT2D eigenvalue weighted by Crippen LogP contribution is 2.23. The molecule has 0 unspecified atom stereocenters. The van der Waals surface area contributed by atoms with E-state index in [-0.39, 0.29) is 28.9 Å². The third-order valence-electron chi connectivity index (χ3n) is 2.45. The SMILES string of the molecule is Br.CN[C@@H]1CCCC[C@H]1C(=O)O. The van der Waals surface area contributed by atoms with E-state index in [0.29, 0.717) is 0 Å². The van der Waals surface area contributed by atoms with Crippen molar-refractivity contribution in [3.8, 4) is 0 Å². The third-order valence-corrected chi connectivity index (χ3v) is 2.45. The Morgan fingerprint density at radius 1 is 1.42 bits per heavy atom. The van der Waals surface area contributed by atoms with Gasteiger partial charge in [-0.05, 0) is 19.9 Å². The molecule has 12 heavy (non-hydrogen) atoms. The molecule has 0 aromatic rings. The Morgan fingerprint density at radius 2 is 2.00 bits per heavy atom. The van der Waals surface area contributed by atoms with Gasteiger partial charge in [-0.15, -0.1) is 17.0 Å². The van der Waals surface area contributed by atoms with Crippen molar-refractivity contribution in [1.82, 2.24) is 5.32 Å². The maximum absolute atomic E-state index is 10.7. The largest absolute Gasteiger partial charge is 0.481 e. The fourth-order valence-corrected chi connectivity index (χ4v) is 1.77. The number of nitrogens with one attached hydrogen (secondary N) is 1. The van der Waals surface area contributed by atoms with Crippen LogP contribution in [0.25, 0.3) is 0 Å². The molecule has 0 spiro atoms. The molecule has 0 heterocycles. The van der Waals surface area contributed by atoms with Crippen molar-refractivity contribution in [2.75, 3.05) is 7.05 Å². The molecule has 0 aromatic carbocycles. The number of carboxylic acids is 1. The van der Waals surface area contributed by atoms with Gasteiger partial charge in [0.2, 0.25) is 0 Å². The fourth-order valence-electron chi connectivity index (χ4n) is 1.77. The van der Waals surface area contributed by atoms with Crippen molar-refractivity contribution >= 4 is 23.0 Å². The van der Waals surface area contributed by atoms with Crippen LogP contribution in [0.5, 0.6) is 0 Å². The fraction of sp³-hybridized carbons (Fsp3) is 0.875. The van der Waals surface area contributed by atoms with Gasteiger partial charge in [-0.25, -0.2) is 0 Å². The Hall–Kier alpha value is -0.0900. The van der Waals surface area contributed by atoms with Crippen LogP contribution in [-0.2, 0) is 4.79 Å². The first-order valence-corrected chi connectivity index (χ1v) is 4.15. The molecule has 0 bridgehead atoms. The zero-order chi connectivity index (χ0) is 8.27. The predicted octanol–water partition coefficient (Wildman–Crippen LogP) is 1.43. The molecule has 1 rings (SSSR count). The Balaban J connectivity index is 0.00000121. The molecule has 1 aliphatic rings. The smallest absolute Gasteiger partial charge is 0.308 e. The monoisotopic (exact) mass is 237 g/mol. The minimum atomic E-state index is -0.649. The molecule has 1 saturated carbocycles. The van der Waals surface area contributed by atoms with Gasteiger partial charge in [0.05, 0.1) is 5.92 Å². The summed E-state index contributed by atoms with van der Waals surface area (Å²) in [7, 11) is 1.84. The second kappa shape index (κ2) is 5.54. The normalized spacial score (nSPS) is 29.1. The summed E-state index contributed by atoms with van der Waals surface area (Å²) in [6.45, 7) is 0. The molecule has 72 valence electrons. The molecule has 2 N–H and O–H groups in total. The number of hydrogen-bond acceptors (Lipinski definition) is 2. The van der Waals surface area contributed by atoms with Crippen molar-refractivity contribution in [1.29, 1.82) is 0 Å². The number of hydrogen-bond donors (Lipinski definition) is 2. The Bertz CT molecular complexity index is 152. The highest BCUT2D eigenvalue weighted by Gasteiger charge is 2.29. The van der Waals surface area contributed by atoms with E-state index in [1.54, 1.807) is 0 Å². The minimum absolute atomic E-state index is 0. The van der Waals surface area contributed by atoms with Gasteiger partial charge in [0.15, 0.2) is 0 Å². The van der Waals surface area contributed by atoms with Crippen LogP contribution in [-0.4, -0.2) is 24.2 Å². The summed E-state index contributed by atoms with van der Waals surface area (Å²) in [6.07, 6.45) is 4.07. The van der Waals surface area contributed by atoms with Gasteiger partial charge < -0.3 is 10.4 Å². The van der Waals surface area contributed by atoms with Crippen LogP contribution < -0.4 is 5.32 Å². The Morgan fingerprint density at radius 3 is 2.42 bits per heavy atom. The lowest BCUT2D eigenvalue weighted by Gasteiger charge is -2.27. The van der Waals surface area contributed by atoms with E-state index >= 15 is 0 Å². The summed E-state index contributed by atoms with van der Waals surface area (Å²) in [4.78, 5) is 10.7. The molecule has 0 radical (unpaired) electrons. The van der Waals surface area contributed by atoms with E-state index in [1.165, 1.54) is 0 Å². The van der Waals surface area contributed by atoms with Crippen molar-refractivity contribution in [2.45, 2.75) is 31.7 Å². The summed E-state index contributed by atoms with van der Waals surface area (Å²) in [5, 5.41) is 11.9. The second-order valence-corrected chi connectivity index (χ2v) is 3.12. The number of carboxylic acid groups (broad SMARTS) is 1. The highest BCUT2D eigenvalue weighted by atomic mass is 79.9. The van der Waals surface area contributed by atoms with Gasteiger partial charge in [-0.1, -0.05) is 12.8 Å². The van der Waals surface area contributed by atoms with Crippen LogP contribution in [0.3, 0.4) is 0 Å². The topological polar surface area (TPSA) is 49.3 Å². The van der Waals surface area contributed by atoms with E-state index in [2.05, 4.69) is 5.32 Å². The van der Waals surface area contributed by atoms with Crippen molar-refractivity contribution in [2.24, 2.45) is 5.92 Å². The maximum Gasteiger partial charge on any atom is 0.308 e. The predicted molar refractivity (Wildman–Crippen MR) is 52.8 cm³/mol. The Kier molecular flexibility index (Phi) is 5.50. The van der Waals surface area contributed by atoms with E-state index < -0.39 is 5.97 Å². The van der Waals surface area contributed by atoms with Crippen LogP contribution in [0.1, 0.15) is 25.7 Å². The number of rotatable bonds is 2. The molecule has 0 aromatic heterocycles. The first-order valence-electron chi connectivity index (χ1n) is 4.15. The molecule has 0 aliphatic heterocycles. The molecular formula is C8H16BrNO2. The zero-order valence-electron chi connectivity index (χ0n) is 7.25. The maximum atomic E-state index is 10.7. The quantitative estimate of drug-likeness (QED) is 0.765. The molecule has 3 nitrogen and oxygen atoms in total. The van der Waals surface area contributed by atoms with Gasteiger partial charge in [-0.3, -0.25) is 4.79 Å². The van der Waals surface area contributed by atoms with Gasteiger partial charge in [0.1, 0.15) is 0 Å². The summed E-state index contributed by atoms with van der Waals surface area (Å²) >= 11 is 0. The number of carbonyl (C=O) groups is 1. The summed E-state index contributed by atoms with van der Waals surface area (Å²) in [5.74, 6) is -0.808. The highest BCUT2D eigenvalue weighted by molar-refractivity contribution is 8.93. The zero-order valence-corrected chi connectivity index (χ0v) is 8.96. The van der Waals surface area contributed by atoms with E-state index in [1.807, 2.05) is 7.05 Å². The molecular weight excluding hydrogens is 222 g/mol. The van der Waals surface area contributed by atoms with E-state index in [4.69, 9.17) is 5.11 Å². The lowest BCUT2D eigenvalue weighted by Crippen LogP contribution is -2.40. The van der Waals surface area contributed by atoms with Crippen LogP contribution in [0, 0.1) is 5.92 Å². The van der Waals surface area contributed by atoms with Crippen LogP contribution in [0.15, 0.2) is 0 Å². The first-order chi connectivity index (χ1) is 5.25. The molecule has 0 saturated heterocycles. The van der Waals surface area contributed by atoms with E-state index in [0.717, 1.165) is 25.7 Å². The Labute approximate surface area is 83.3 Å². The van der Waals surface area contributed by atoms with Crippen LogP contribution in [0.4, 0.5) is 0 Å². The van der Waals surface area contributed by atoms with Crippen LogP contribution in [0.2, 0.25) is 0 Å². The molecule has 4 heteroatoms. The average molecular weight is 238 g/mol. The minimum Gasteiger partial charge on any atom is -0.481 e.